The van der Waals surface area contributed by atoms with Crippen molar-refractivity contribution in [3.63, 3.8) is 0 Å². The van der Waals surface area contributed by atoms with Crippen LogP contribution in [0.2, 0.25) is 0 Å². The van der Waals surface area contributed by atoms with E-state index < -0.39 is 0 Å². The van der Waals surface area contributed by atoms with Crippen molar-refractivity contribution >= 4 is 0 Å². The third-order valence-electron chi connectivity index (χ3n) is 3.52. The second-order valence-electron chi connectivity index (χ2n) is 5.32. The molecule has 0 aliphatic rings. The van der Waals surface area contributed by atoms with E-state index in [0.29, 0.717) is 12.1 Å². The van der Waals surface area contributed by atoms with Crippen LogP contribution in [0.4, 0.5) is 0 Å². The van der Waals surface area contributed by atoms with Crippen molar-refractivity contribution < 1.29 is 4.42 Å². The topological polar surface area (TPSA) is 25.2 Å². The highest BCUT2D eigenvalue weighted by molar-refractivity contribution is 5.23. The number of aryl methyl sites for hydroxylation is 2. The summed E-state index contributed by atoms with van der Waals surface area (Å²) >= 11 is 0. The van der Waals surface area contributed by atoms with Gasteiger partial charge in [-0.2, -0.15) is 0 Å². The predicted octanol–water partition coefficient (Wildman–Crippen LogP) is 4.26. The van der Waals surface area contributed by atoms with E-state index in [1.807, 2.05) is 12.1 Å². The molecule has 1 heterocycles. The Labute approximate surface area is 115 Å². The van der Waals surface area contributed by atoms with E-state index in [4.69, 9.17) is 4.42 Å². The molecule has 0 aliphatic carbocycles. The third kappa shape index (κ3) is 4.25. The number of hydrogen-bond donors (Lipinski definition) is 1. The van der Waals surface area contributed by atoms with Gasteiger partial charge in [-0.3, -0.25) is 0 Å². The number of furan rings is 1. The van der Waals surface area contributed by atoms with Crippen molar-refractivity contribution in [2.75, 3.05) is 0 Å². The van der Waals surface area contributed by atoms with Crippen molar-refractivity contribution in [3.8, 4) is 0 Å². The Kier molecular flexibility index (Phi) is 4.80. The first kappa shape index (κ1) is 13.9. The molecule has 0 radical (unpaired) electrons. The lowest BCUT2D eigenvalue weighted by Gasteiger charge is -2.20. The van der Waals surface area contributed by atoms with E-state index in [-0.39, 0.29) is 0 Å². The minimum Gasteiger partial charge on any atom is -0.469 e. The van der Waals surface area contributed by atoms with Gasteiger partial charge in [0.25, 0.3) is 0 Å². The zero-order valence-electron chi connectivity index (χ0n) is 12.0. The van der Waals surface area contributed by atoms with Crippen LogP contribution in [0.1, 0.15) is 43.2 Å². The van der Waals surface area contributed by atoms with Gasteiger partial charge in [-0.05, 0) is 44.9 Å². The molecule has 2 aromatic rings. The van der Waals surface area contributed by atoms with Crippen LogP contribution in [0.15, 0.2) is 47.1 Å². The first-order valence-electron chi connectivity index (χ1n) is 7.00. The Morgan fingerprint density at radius 3 is 2.47 bits per heavy atom. The summed E-state index contributed by atoms with van der Waals surface area (Å²) in [6.07, 6.45) is 3.81. The molecule has 0 amide bonds. The normalized spacial score (nSPS) is 14.3. The molecule has 1 aromatic heterocycles. The van der Waals surface area contributed by atoms with E-state index in [0.717, 1.165) is 18.6 Å². The summed E-state index contributed by atoms with van der Waals surface area (Å²) in [4.78, 5) is 0. The Morgan fingerprint density at radius 1 is 1.11 bits per heavy atom. The maximum Gasteiger partial charge on any atom is 0.103 e. The predicted molar refractivity (Wildman–Crippen MR) is 79.2 cm³/mol. The largest absolute Gasteiger partial charge is 0.469 e. The van der Waals surface area contributed by atoms with Crippen LogP contribution in [-0.2, 0) is 6.42 Å². The summed E-state index contributed by atoms with van der Waals surface area (Å²) in [5, 5.41) is 3.64. The van der Waals surface area contributed by atoms with Gasteiger partial charge in [0.1, 0.15) is 5.76 Å². The van der Waals surface area contributed by atoms with Gasteiger partial charge < -0.3 is 9.73 Å². The highest BCUT2D eigenvalue weighted by Crippen LogP contribution is 2.15. The van der Waals surface area contributed by atoms with E-state index in [9.17, 15) is 0 Å². The molecule has 0 bridgehead atoms. The van der Waals surface area contributed by atoms with E-state index in [1.54, 1.807) is 6.26 Å². The molecular formula is C17H23NO. The van der Waals surface area contributed by atoms with Crippen LogP contribution in [-0.4, -0.2) is 6.04 Å². The molecule has 0 aliphatic heterocycles. The van der Waals surface area contributed by atoms with Crippen LogP contribution in [0, 0.1) is 6.92 Å². The molecule has 0 spiro atoms. The molecule has 102 valence electrons. The maximum atomic E-state index is 5.36. The summed E-state index contributed by atoms with van der Waals surface area (Å²) in [5.41, 5.74) is 2.65. The standard InChI is InChI=1S/C17H23NO/c1-13-6-9-16(10-7-13)15(3)18-14(2)8-11-17-5-4-12-19-17/h4-7,9-10,12,14-15,18H,8,11H2,1-3H3/t14-,15-/m1/s1. The van der Waals surface area contributed by atoms with Crippen LogP contribution in [0.5, 0.6) is 0 Å². The highest BCUT2D eigenvalue weighted by Gasteiger charge is 2.09. The summed E-state index contributed by atoms with van der Waals surface area (Å²) in [5.74, 6) is 1.07. The lowest BCUT2D eigenvalue weighted by atomic mass is 10.0. The zero-order chi connectivity index (χ0) is 13.7. The lowest BCUT2D eigenvalue weighted by molar-refractivity contribution is 0.430. The van der Waals surface area contributed by atoms with Crippen molar-refractivity contribution in [1.82, 2.24) is 5.32 Å². The number of rotatable bonds is 6. The fraction of sp³-hybridized carbons (Fsp3) is 0.412. The molecule has 19 heavy (non-hydrogen) atoms. The molecule has 0 saturated carbocycles. The molecule has 2 rings (SSSR count). The van der Waals surface area contributed by atoms with Gasteiger partial charge in [0.15, 0.2) is 0 Å². The number of hydrogen-bond acceptors (Lipinski definition) is 2. The molecule has 2 nitrogen and oxygen atoms in total. The van der Waals surface area contributed by atoms with Crippen molar-refractivity contribution in [3.05, 3.63) is 59.5 Å². The van der Waals surface area contributed by atoms with Crippen molar-refractivity contribution in [2.24, 2.45) is 0 Å². The fourth-order valence-electron chi connectivity index (χ4n) is 2.28. The fourth-order valence-corrected chi connectivity index (χ4v) is 2.28. The van der Waals surface area contributed by atoms with Gasteiger partial charge in [0, 0.05) is 18.5 Å². The molecule has 0 fully saturated rings. The highest BCUT2D eigenvalue weighted by atomic mass is 16.3. The Balaban J connectivity index is 1.81. The van der Waals surface area contributed by atoms with Crippen LogP contribution in [0.25, 0.3) is 0 Å². The Bertz CT molecular complexity index is 472. The summed E-state index contributed by atoms with van der Waals surface area (Å²) in [6, 6.07) is 13.6. The van der Waals surface area contributed by atoms with Crippen LogP contribution >= 0.6 is 0 Å². The Morgan fingerprint density at radius 2 is 1.84 bits per heavy atom. The van der Waals surface area contributed by atoms with E-state index in [1.165, 1.54) is 11.1 Å². The molecule has 2 atom stereocenters. The minimum absolute atomic E-state index is 0.382. The molecule has 1 aromatic carbocycles. The second kappa shape index (κ2) is 6.58. The summed E-state index contributed by atoms with van der Waals surface area (Å²) in [6.45, 7) is 6.57. The summed E-state index contributed by atoms with van der Waals surface area (Å²) < 4.78 is 5.36. The first-order valence-corrected chi connectivity index (χ1v) is 7.00. The first-order chi connectivity index (χ1) is 9.15. The number of benzene rings is 1. The second-order valence-corrected chi connectivity index (χ2v) is 5.32. The minimum atomic E-state index is 0.382. The molecule has 1 N–H and O–H groups in total. The van der Waals surface area contributed by atoms with Gasteiger partial charge in [-0.25, -0.2) is 0 Å². The maximum absolute atomic E-state index is 5.36. The van der Waals surface area contributed by atoms with Crippen molar-refractivity contribution in [1.29, 1.82) is 0 Å². The van der Waals surface area contributed by atoms with Gasteiger partial charge in [-0.15, -0.1) is 0 Å². The molecular weight excluding hydrogens is 234 g/mol. The molecule has 2 heteroatoms. The van der Waals surface area contributed by atoms with Gasteiger partial charge in [0.05, 0.1) is 6.26 Å². The van der Waals surface area contributed by atoms with Crippen LogP contribution in [0.3, 0.4) is 0 Å². The van der Waals surface area contributed by atoms with Gasteiger partial charge >= 0.3 is 0 Å². The average molecular weight is 257 g/mol. The SMILES string of the molecule is Cc1ccc([C@@H](C)N[C@H](C)CCc2ccco2)cc1. The van der Waals surface area contributed by atoms with E-state index >= 15 is 0 Å². The molecule has 0 unspecified atom stereocenters. The smallest absolute Gasteiger partial charge is 0.103 e. The lowest BCUT2D eigenvalue weighted by Crippen LogP contribution is -2.29. The van der Waals surface area contributed by atoms with Gasteiger partial charge in [-0.1, -0.05) is 29.8 Å². The quantitative estimate of drug-likeness (QED) is 0.836. The van der Waals surface area contributed by atoms with Gasteiger partial charge in [0.2, 0.25) is 0 Å². The third-order valence-corrected chi connectivity index (χ3v) is 3.52. The van der Waals surface area contributed by atoms with E-state index in [2.05, 4.69) is 50.4 Å². The average Bonchev–Trinajstić information content (AvgIpc) is 2.90. The summed E-state index contributed by atoms with van der Waals surface area (Å²) in [7, 11) is 0. The number of nitrogens with one attached hydrogen (secondary N) is 1. The zero-order valence-corrected chi connectivity index (χ0v) is 12.0. The monoisotopic (exact) mass is 257 g/mol. The Hall–Kier alpha value is -1.54. The van der Waals surface area contributed by atoms with Crippen LogP contribution < -0.4 is 5.32 Å². The molecule has 0 saturated heterocycles. The van der Waals surface area contributed by atoms with Crippen molar-refractivity contribution in [2.45, 2.75) is 45.7 Å².